The summed E-state index contributed by atoms with van der Waals surface area (Å²) in [4.78, 5) is 0. The Morgan fingerprint density at radius 2 is 0.205 bits per heavy atom. The second kappa shape index (κ2) is 70.0. The number of unbranched alkanes of at least 4 members (excludes halogenated alkanes) is 67. The maximum atomic E-state index is 2.36. The highest BCUT2D eigenvalue weighted by Crippen LogP contribution is 2.21. The van der Waals surface area contributed by atoms with E-state index < -0.39 is 0 Å². The van der Waals surface area contributed by atoms with Gasteiger partial charge in [-0.05, 0) is 5.92 Å². The Labute approximate surface area is 467 Å². The predicted molar refractivity (Wildman–Crippen MR) is 339 cm³/mol. The topological polar surface area (TPSA) is 0 Å². The molecule has 0 heterocycles. The summed E-state index contributed by atoms with van der Waals surface area (Å²) in [7, 11) is 0. The summed E-state index contributed by atoms with van der Waals surface area (Å²) in [5.41, 5.74) is 0. The largest absolute Gasteiger partial charge is 0.0654 e. The van der Waals surface area contributed by atoms with E-state index in [0.29, 0.717) is 0 Å². The number of hydrogen-bond acceptors (Lipinski definition) is 0. The lowest BCUT2D eigenvalue weighted by atomic mass is 10.0. The van der Waals surface area contributed by atoms with E-state index in [-0.39, 0.29) is 0 Å². The highest BCUT2D eigenvalue weighted by Gasteiger charge is 2.01. The highest BCUT2D eigenvalue weighted by atomic mass is 14.1. The van der Waals surface area contributed by atoms with E-state index in [0.717, 1.165) is 5.92 Å². The van der Waals surface area contributed by atoms with Crippen molar-refractivity contribution >= 4 is 0 Å². The SMILES string of the molecule is CCCCCCCCCCCCCCCCCCCCCCCCCCCCCCCCCCCCCCCCCCCCCCCCCCCCCCCCCCCCCCCCCCCCCCC(C)C. The molecule has 0 bridgehead atoms. The molecule has 0 N–H and O–H groups in total. The molecule has 0 spiro atoms. The third kappa shape index (κ3) is 72.0. The standard InChI is InChI=1S/C73H148/c1-4-5-6-7-8-9-10-11-12-13-14-15-16-17-18-19-20-21-22-23-24-25-26-27-28-29-30-31-32-33-34-35-36-37-38-39-40-41-42-43-44-45-46-47-48-49-50-51-52-53-54-55-56-57-58-59-60-61-62-63-64-65-66-67-68-69-70-71-72-73(2)3/h73H,4-72H2,1-3H3. The maximum absolute atomic E-state index is 2.36. The molecule has 0 fully saturated rings. The third-order valence-electron chi connectivity index (χ3n) is 17.6. The summed E-state index contributed by atoms with van der Waals surface area (Å²) < 4.78 is 0. The van der Waals surface area contributed by atoms with E-state index in [1.165, 1.54) is 443 Å². The number of hydrogen-bond donors (Lipinski definition) is 0. The van der Waals surface area contributed by atoms with Gasteiger partial charge < -0.3 is 0 Å². The number of rotatable bonds is 69. The second-order valence-corrected chi connectivity index (χ2v) is 25.9. The van der Waals surface area contributed by atoms with Gasteiger partial charge in [-0.1, -0.05) is 464 Å². The van der Waals surface area contributed by atoms with Crippen LogP contribution in [0.1, 0.15) is 464 Å². The van der Waals surface area contributed by atoms with Crippen LogP contribution in [0.2, 0.25) is 0 Å². The fourth-order valence-electron chi connectivity index (χ4n) is 12.3. The molecular formula is C73H148. The molecule has 0 aliphatic carbocycles. The quantitative estimate of drug-likeness (QED) is 0.0533. The summed E-state index contributed by atoms with van der Waals surface area (Å²) >= 11 is 0. The van der Waals surface area contributed by atoms with Crippen molar-refractivity contribution in [2.45, 2.75) is 464 Å². The van der Waals surface area contributed by atoms with Gasteiger partial charge in [0.2, 0.25) is 0 Å². The summed E-state index contributed by atoms with van der Waals surface area (Å²) in [6.07, 6.45) is 103. The van der Waals surface area contributed by atoms with Crippen LogP contribution >= 0.6 is 0 Å². The zero-order chi connectivity index (χ0) is 52.4. The minimum absolute atomic E-state index is 0.895. The monoisotopic (exact) mass is 1030 g/mol. The van der Waals surface area contributed by atoms with Crippen LogP contribution in [0.5, 0.6) is 0 Å². The van der Waals surface area contributed by atoms with Crippen molar-refractivity contribution in [2.24, 2.45) is 5.92 Å². The first-order valence-corrected chi connectivity index (χ1v) is 36.3. The molecule has 0 aromatic carbocycles. The average Bonchev–Trinajstić information content (AvgIpc) is 3.39. The van der Waals surface area contributed by atoms with Gasteiger partial charge in [0.15, 0.2) is 0 Å². The summed E-state index contributed by atoms with van der Waals surface area (Å²) in [5.74, 6) is 0.895. The van der Waals surface area contributed by atoms with Crippen molar-refractivity contribution in [1.29, 1.82) is 0 Å². The Hall–Kier alpha value is 0. The molecule has 0 aromatic heterocycles. The second-order valence-electron chi connectivity index (χ2n) is 25.9. The van der Waals surface area contributed by atoms with Gasteiger partial charge in [0.25, 0.3) is 0 Å². The van der Waals surface area contributed by atoms with Crippen molar-refractivity contribution in [3.05, 3.63) is 0 Å². The first kappa shape index (κ1) is 73.0. The van der Waals surface area contributed by atoms with E-state index in [1.807, 2.05) is 0 Å². The van der Waals surface area contributed by atoms with Crippen molar-refractivity contribution in [3.63, 3.8) is 0 Å². The van der Waals surface area contributed by atoms with E-state index in [4.69, 9.17) is 0 Å². The van der Waals surface area contributed by atoms with E-state index in [2.05, 4.69) is 20.8 Å². The van der Waals surface area contributed by atoms with Crippen LogP contribution < -0.4 is 0 Å². The Kier molecular flexibility index (Phi) is 70.0. The molecule has 0 aromatic rings. The summed E-state index contributed by atoms with van der Waals surface area (Å²) in [6.45, 7) is 7.03. The Morgan fingerprint density at radius 1 is 0.123 bits per heavy atom. The van der Waals surface area contributed by atoms with Gasteiger partial charge in [-0.3, -0.25) is 0 Å². The molecule has 0 aliphatic heterocycles. The highest BCUT2D eigenvalue weighted by molar-refractivity contribution is 4.57. The predicted octanol–water partition coefficient (Wildman–Crippen LogP) is 28.6. The van der Waals surface area contributed by atoms with Crippen molar-refractivity contribution in [1.82, 2.24) is 0 Å². The fourth-order valence-corrected chi connectivity index (χ4v) is 12.3. The van der Waals surface area contributed by atoms with E-state index in [9.17, 15) is 0 Å². The van der Waals surface area contributed by atoms with Gasteiger partial charge in [-0.2, -0.15) is 0 Å². The van der Waals surface area contributed by atoms with Crippen LogP contribution in [0.15, 0.2) is 0 Å². The third-order valence-corrected chi connectivity index (χ3v) is 17.6. The van der Waals surface area contributed by atoms with Gasteiger partial charge >= 0.3 is 0 Å². The lowest BCUT2D eigenvalue weighted by Crippen LogP contribution is -1.87. The van der Waals surface area contributed by atoms with Gasteiger partial charge in [-0.25, -0.2) is 0 Å². The molecule has 0 amide bonds. The average molecular weight is 1030 g/mol. The van der Waals surface area contributed by atoms with Crippen LogP contribution in [0.25, 0.3) is 0 Å². The summed E-state index contributed by atoms with van der Waals surface area (Å²) in [5, 5.41) is 0. The van der Waals surface area contributed by atoms with E-state index in [1.54, 1.807) is 0 Å². The van der Waals surface area contributed by atoms with Gasteiger partial charge in [0, 0.05) is 0 Å². The minimum Gasteiger partial charge on any atom is -0.0654 e. The van der Waals surface area contributed by atoms with Gasteiger partial charge in [-0.15, -0.1) is 0 Å². The van der Waals surface area contributed by atoms with Crippen LogP contribution in [-0.4, -0.2) is 0 Å². The molecule has 73 heavy (non-hydrogen) atoms. The first-order valence-electron chi connectivity index (χ1n) is 36.3. The maximum Gasteiger partial charge on any atom is -0.0471 e. The molecule has 0 nitrogen and oxygen atoms in total. The van der Waals surface area contributed by atoms with Gasteiger partial charge in [0.1, 0.15) is 0 Å². The Balaban J connectivity index is 3.07. The van der Waals surface area contributed by atoms with Crippen LogP contribution in [-0.2, 0) is 0 Å². The minimum atomic E-state index is 0.895. The smallest absolute Gasteiger partial charge is 0.0471 e. The molecule has 0 saturated heterocycles. The summed E-state index contributed by atoms with van der Waals surface area (Å²) in [6, 6.07) is 0. The van der Waals surface area contributed by atoms with Crippen LogP contribution in [0, 0.1) is 5.92 Å². The fraction of sp³-hybridized carbons (Fsp3) is 1.00. The molecular weight excluding hydrogens is 877 g/mol. The van der Waals surface area contributed by atoms with Crippen molar-refractivity contribution < 1.29 is 0 Å². The first-order chi connectivity index (χ1) is 36.3. The normalized spacial score (nSPS) is 11.8. The van der Waals surface area contributed by atoms with Crippen molar-refractivity contribution in [3.8, 4) is 0 Å². The zero-order valence-corrected chi connectivity index (χ0v) is 52.4. The molecule has 0 atom stereocenters. The molecule has 0 radical (unpaired) electrons. The molecule has 0 heteroatoms. The lowest BCUT2D eigenvalue weighted by molar-refractivity contribution is 0.500. The van der Waals surface area contributed by atoms with Crippen LogP contribution in [0.3, 0.4) is 0 Å². The molecule has 0 rings (SSSR count). The Morgan fingerprint density at radius 3 is 0.288 bits per heavy atom. The molecule has 440 valence electrons. The molecule has 0 aliphatic rings. The molecule has 0 unspecified atom stereocenters. The Bertz CT molecular complexity index is 886. The van der Waals surface area contributed by atoms with Crippen LogP contribution in [0.4, 0.5) is 0 Å². The van der Waals surface area contributed by atoms with Crippen molar-refractivity contribution in [2.75, 3.05) is 0 Å². The van der Waals surface area contributed by atoms with Gasteiger partial charge in [0.05, 0.1) is 0 Å². The lowest BCUT2D eigenvalue weighted by Gasteiger charge is -2.05. The zero-order valence-electron chi connectivity index (χ0n) is 52.4. The molecule has 0 saturated carbocycles. The van der Waals surface area contributed by atoms with E-state index >= 15 is 0 Å².